The normalized spacial score (nSPS) is 20.1. The van der Waals surface area contributed by atoms with Gasteiger partial charge in [-0.25, -0.2) is 0 Å². The number of rotatable bonds is 1. The van der Waals surface area contributed by atoms with Crippen LogP contribution < -0.4 is 0 Å². The highest BCUT2D eigenvalue weighted by molar-refractivity contribution is 14.1. The van der Waals surface area contributed by atoms with Crippen LogP contribution in [0.25, 0.3) is 0 Å². The summed E-state index contributed by atoms with van der Waals surface area (Å²) in [6.07, 6.45) is 0.212. The number of hydrogen-bond donors (Lipinski definition) is 2. The quantitative estimate of drug-likeness (QED) is 0.760. The summed E-state index contributed by atoms with van der Waals surface area (Å²) in [7, 11) is 0. The molecule has 0 bridgehead atoms. The Bertz CT molecular complexity index is 422. The number of carbonyl (C=O) groups excluding carboxylic acids is 1. The smallest absolute Gasteiger partial charge is 0.254 e. The van der Waals surface area contributed by atoms with Crippen molar-refractivity contribution in [1.29, 1.82) is 0 Å². The standard InChI is InChI=1S/C11H12INO3/c12-9-2-1-7(5-10(9)15)11(16)13-4-3-8(14)6-13/h1-2,5,8,14-15H,3-4,6H2/t8-/m1/s1. The van der Waals surface area contributed by atoms with E-state index in [9.17, 15) is 15.0 Å². The zero-order valence-electron chi connectivity index (χ0n) is 8.56. The van der Waals surface area contributed by atoms with Gasteiger partial charge in [0.1, 0.15) is 5.75 Å². The highest BCUT2D eigenvalue weighted by Gasteiger charge is 2.25. The van der Waals surface area contributed by atoms with Gasteiger partial charge in [-0.15, -0.1) is 0 Å². The molecule has 4 nitrogen and oxygen atoms in total. The highest BCUT2D eigenvalue weighted by Crippen LogP contribution is 2.22. The molecule has 1 atom stereocenters. The summed E-state index contributed by atoms with van der Waals surface area (Å²) in [5.74, 6) is -0.0190. The van der Waals surface area contributed by atoms with Gasteiger partial charge in [0, 0.05) is 18.7 Å². The fourth-order valence-electron chi connectivity index (χ4n) is 1.75. The maximum Gasteiger partial charge on any atom is 0.254 e. The lowest BCUT2D eigenvalue weighted by molar-refractivity contribution is 0.0764. The summed E-state index contributed by atoms with van der Waals surface area (Å²) >= 11 is 2.00. The molecular weight excluding hydrogens is 321 g/mol. The van der Waals surface area contributed by atoms with Gasteiger partial charge in [-0.05, 0) is 47.2 Å². The molecule has 1 aliphatic heterocycles. The molecular formula is C11H12INO3. The number of likely N-dealkylation sites (tertiary alicyclic amines) is 1. The van der Waals surface area contributed by atoms with Crippen molar-refractivity contribution >= 4 is 28.5 Å². The molecule has 86 valence electrons. The van der Waals surface area contributed by atoms with Crippen LogP contribution in [0.3, 0.4) is 0 Å². The first-order chi connectivity index (χ1) is 7.58. The molecule has 1 aromatic carbocycles. The summed E-state index contributed by atoms with van der Waals surface area (Å²) in [6, 6.07) is 4.86. The van der Waals surface area contributed by atoms with Crippen LogP contribution >= 0.6 is 22.6 Å². The Kier molecular flexibility index (Phi) is 3.34. The molecule has 0 saturated carbocycles. The van der Waals surface area contributed by atoms with E-state index in [4.69, 9.17) is 0 Å². The van der Waals surface area contributed by atoms with E-state index in [1.54, 1.807) is 17.0 Å². The topological polar surface area (TPSA) is 60.8 Å². The largest absolute Gasteiger partial charge is 0.507 e. The van der Waals surface area contributed by atoms with Gasteiger partial charge >= 0.3 is 0 Å². The SMILES string of the molecule is O=C(c1ccc(I)c(O)c1)N1CC[C@@H](O)C1. The minimum absolute atomic E-state index is 0.117. The van der Waals surface area contributed by atoms with Crippen molar-refractivity contribution in [2.75, 3.05) is 13.1 Å². The van der Waals surface area contributed by atoms with Crippen LogP contribution in [-0.2, 0) is 0 Å². The fourth-order valence-corrected chi connectivity index (χ4v) is 2.09. The molecule has 1 saturated heterocycles. The van der Waals surface area contributed by atoms with E-state index in [1.807, 2.05) is 22.6 Å². The fraction of sp³-hybridized carbons (Fsp3) is 0.364. The third kappa shape index (κ3) is 2.30. The number of aromatic hydroxyl groups is 1. The Hall–Kier alpha value is -0.820. The van der Waals surface area contributed by atoms with Crippen LogP contribution in [0, 0.1) is 3.57 Å². The molecule has 0 spiro atoms. The second-order valence-electron chi connectivity index (χ2n) is 3.86. The van der Waals surface area contributed by atoms with Crippen molar-refractivity contribution in [3.8, 4) is 5.75 Å². The number of phenols is 1. The van der Waals surface area contributed by atoms with Gasteiger partial charge in [-0.1, -0.05) is 0 Å². The van der Waals surface area contributed by atoms with Crippen LogP contribution in [0.2, 0.25) is 0 Å². The first-order valence-corrected chi connectivity index (χ1v) is 6.11. The van der Waals surface area contributed by atoms with Gasteiger partial charge in [0.15, 0.2) is 0 Å². The van der Waals surface area contributed by atoms with Gasteiger partial charge in [0.25, 0.3) is 5.91 Å². The molecule has 0 aromatic heterocycles. The Balaban J connectivity index is 2.18. The second-order valence-corrected chi connectivity index (χ2v) is 5.02. The zero-order chi connectivity index (χ0) is 11.7. The minimum atomic E-state index is -0.415. The molecule has 1 fully saturated rings. The number of β-amino-alcohol motifs (C(OH)–C–C–N with tert-alkyl or cyclic N) is 1. The average molecular weight is 333 g/mol. The predicted molar refractivity (Wildman–Crippen MR) is 67.4 cm³/mol. The van der Waals surface area contributed by atoms with Gasteiger partial charge in [0.05, 0.1) is 9.67 Å². The van der Waals surface area contributed by atoms with Crippen molar-refractivity contribution in [3.63, 3.8) is 0 Å². The van der Waals surface area contributed by atoms with Crippen molar-refractivity contribution in [1.82, 2.24) is 4.90 Å². The molecule has 1 aliphatic rings. The molecule has 0 unspecified atom stereocenters. The number of aliphatic hydroxyl groups excluding tert-OH is 1. The maximum atomic E-state index is 12.0. The number of phenolic OH excluding ortho intramolecular Hbond substituents is 1. The number of carbonyl (C=O) groups is 1. The lowest BCUT2D eigenvalue weighted by atomic mass is 10.2. The van der Waals surface area contributed by atoms with Crippen LogP contribution in [0.15, 0.2) is 18.2 Å². The first kappa shape index (κ1) is 11.7. The van der Waals surface area contributed by atoms with Crippen molar-refractivity contribution in [3.05, 3.63) is 27.3 Å². The predicted octanol–water partition coefficient (Wildman–Crippen LogP) is 1.20. The summed E-state index contributed by atoms with van der Waals surface area (Å²) < 4.78 is 0.718. The van der Waals surface area contributed by atoms with E-state index >= 15 is 0 Å². The number of nitrogens with zero attached hydrogens (tertiary/aromatic N) is 1. The number of benzene rings is 1. The lowest BCUT2D eigenvalue weighted by Crippen LogP contribution is -2.29. The monoisotopic (exact) mass is 333 g/mol. The van der Waals surface area contributed by atoms with E-state index < -0.39 is 6.10 Å². The third-order valence-electron chi connectivity index (χ3n) is 2.64. The van der Waals surface area contributed by atoms with Crippen molar-refractivity contribution in [2.45, 2.75) is 12.5 Å². The van der Waals surface area contributed by atoms with Gasteiger partial charge < -0.3 is 15.1 Å². The molecule has 1 amide bonds. The van der Waals surface area contributed by atoms with E-state index in [2.05, 4.69) is 0 Å². The Morgan fingerprint density at radius 1 is 1.50 bits per heavy atom. The van der Waals surface area contributed by atoms with E-state index in [-0.39, 0.29) is 11.7 Å². The minimum Gasteiger partial charge on any atom is -0.507 e. The number of halogens is 1. The summed E-state index contributed by atoms with van der Waals surface area (Å²) in [5.41, 5.74) is 0.465. The van der Waals surface area contributed by atoms with Gasteiger partial charge in [-0.2, -0.15) is 0 Å². The van der Waals surface area contributed by atoms with Crippen LogP contribution in [0.4, 0.5) is 0 Å². The van der Waals surface area contributed by atoms with Gasteiger partial charge in [0.2, 0.25) is 0 Å². The number of amides is 1. The Morgan fingerprint density at radius 2 is 2.25 bits per heavy atom. The molecule has 1 heterocycles. The Morgan fingerprint density at radius 3 is 2.81 bits per heavy atom. The molecule has 0 radical (unpaired) electrons. The van der Waals surface area contributed by atoms with Crippen LogP contribution in [0.5, 0.6) is 5.75 Å². The molecule has 1 aromatic rings. The van der Waals surface area contributed by atoms with Crippen molar-refractivity contribution in [2.24, 2.45) is 0 Å². The molecule has 16 heavy (non-hydrogen) atoms. The van der Waals surface area contributed by atoms with Crippen molar-refractivity contribution < 1.29 is 15.0 Å². The number of aliphatic hydroxyl groups is 1. The molecule has 2 N–H and O–H groups in total. The summed E-state index contributed by atoms with van der Waals surface area (Å²) in [5, 5.41) is 18.9. The molecule has 2 rings (SSSR count). The zero-order valence-corrected chi connectivity index (χ0v) is 10.7. The molecule has 0 aliphatic carbocycles. The number of hydrogen-bond acceptors (Lipinski definition) is 3. The van der Waals surface area contributed by atoms with E-state index in [1.165, 1.54) is 6.07 Å². The van der Waals surface area contributed by atoms with Crippen LogP contribution in [0.1, 0.15) is 16.8 Å². The van der Waals surface area contributed by atoms with Gasteiger partial charge in [-0.3, -0.25) is 4.79 Å². The first-order valence-electron chi connectivity index (χ1n) is 5.04. The van der Waals surface area contributed by atoms with E-state index in [0.29, 0.717) is 25.1 Å². The molecule has 5 heteroatoms. The summed E-state index contributed by atoms with van der Waals surface area (Å²) in [4.78, 5) is 13.6. The summed E-state index contributed by atoms with van der Waals surface area (Å²) in [6.45, 7) is 0.957. The third-order valence-corrected chi connectivity index (χ3v) is 3.56. The highest BCUT2D eigenvalue weighted by atomic mass is 127. The van der Waals surface area contributed by atoms with E-state index in [0.717, 1.165) is 3.57 Å². The lowest BCUT2D eigenvalue weighted by Gasteiger charge is -2.15. The van der Waals surface area contributed by atoms with Crippen LogP contribution in [-0.4, -0.2) is 40.2 Å². The maximum absolute atomic E-state index is 12.0. The second kappa shape index (κ2) is 4.58. The average Bonchev–Trinajstić information content (AvgIpc) is 2.68. The Labute approximate surface area is 107 Å².